The number of aromatic nitrogens is 2. The Bertz CT molecular complexity index is 858. The van der Waals surface area contributed by atoms with Crippen molar-refractivity contribution in [3.63, 3.8) is 0 Å². The van der Waals surface area contributed by atoms with Gasteiger partial charge in [-0.25, -0.2) is 4.98 Å². The SMILES string of the molecule is CC(NC(=O)Cc1cn2ccsc2n1)c1ccc2c(c1)OCCO2. The van der Waals surface area contributed by atoms with Gasteiger partial charge < -0.3 is 14.8 Å². The van der Waals surface area contributed by atoms with Gasteiger partial charge in [-0.15, -0.1) is 11.3 Å². The summed E-state index contributed by atoms with van der Waals surface area (Å²) < 4.78 is 13.0. The maximum absolute atomic E-state index is 12.3. The first-order valence-corrected chi connectivity index (χ1v) is 8.67. The molecule has 0 saturated heterocycles. The third-order valence-corrected chi connectivity index (χ3v) is 4.70. The molecule has 1 atom stereocenters. The third kappa shape index (κ3) is 2.94. The molecule has 3 heterocycles. The first kappa shape index (κ1) is 15.0. The molecule has 0 bridgehead atoms. The van der Waals surface area contributed by atoms with Crippen LogP contribution in [0.3, 0.4) is 0 Å². The van der Waals surface area contributed by atoms with Gasteiger partial charge in [-0.2, -0.15) is 0 Å². The number of nitrogens with zero attached hydrogens (tertiary/aromatic N) is 2. The Balaban J connectivity index is 1.42. The van der Waals surface area contributed by atoms with Crippen LogP contribution in [0.25, 0.3) is 4.96 Å². The fourth-order valence-electron chi connectivity index (χ4n) is 2.73. The second kappa shape index (κ2) is 6.16. The van der Waals surface area contributed by atoms with Crippen molar-refractivity contribution in [2.45, 2.75) is 19.4 Å². The van der Waals surface area contributed by atoms with E-state index in [9.17, 15) is 4.79 Å². The number of hydrogen-bond donors (Lipinski definition) is 1. The number of hydrogen-bond acceptors (Lipinski definition) is 5. The summed E-state index contributed by atoms with van der Waals surface area (Å²) in [6.07, 6.45) is 4.09. The molecule has 1 amide bonds. The van der Waals surface area contributed by atoms with E-state index < -0.39 is 0 Å². The Hall–Kier alpha value is -2.54. The summed E-state index contributed by atoms with van der Waals surface area (Å²) in [7, 11) is 0. The van der Waals surface area contributed by atoms with Gasteiger partial charge in [-0.05, 0) is 24.6 Å². The van der Waals surface area contributed by atoms with E-state index in [0.29, 0.717) is 13.2 Å². The highest BCUT2D eigenvalue weighted by Crippen LogP contribution is 2.32. The molecule has 24 heavy (non-hydrogen) atoms. The minimum Gasteiger partial charge on any atom is -0.486 e. The first-order chi connectivity index (χ1) is 11.7. The maximum Gasteiger partial charge on any atom is 0.226 e. The number of rotatable bonds is 4. The molecule has 7 heteroatoms. The number of ether oxygens (including phenoxy) is 2. The van der Waals surface area contributed by atoms with Crippen LogP contribution in [0, 0.1) is 0 Å². The molecule has 6 nitrogen and oxygen atoms in total. The fourth-order valence-corrected chi connectivity index (χ4v) is 3.45. The highest BCUT2D eigenvalue weighted by atomic mass is 32.1. The lowest BCUT2D eigenvalue weighted by molar-refractivity contribution is -0.121. The van der Waals surface area contributed by atoms with Gasteiger partial charge in [0.1, 0.15) is 13.2 Å². The molecule has 4 rings (SSSR count). The maximum atomic E-state index is 12.3. The van der Waals surface area contributed by atoms with Crippen LogP contribution in [0.4, 0.5) is 0 Å². The summed E-state index contributed by atoms with van der Waals surface area (Å²) in [5.74, 6) is 1.43. The predicted octanol–water partition coefficient (Wildman–Crippen LogP) is 2.59. The van der Waals surface area contributed by atoms with E-state index in [-0.39, 0.29) is 18.4 Å². The van der Waals surface area contributed by atoms with Gasteiger partial charge in [0, 0.05) is 17.8 Å². The predicted molar refractivity (Wildman–Crippen MR) is 90.8 cm³/mol. The van der Waals surface area contributed by atoms with Gasteiger partial charge in [0.05, 0.1) is 18.2 Å². The van der Waals surface area contributed by atoms with Crippen LogP contribution in [-0.4, -0.2) is 28.5 Å². The minimum atomic E-state index is -0.114. The molecule has 124 valence electrons. The quantitative estimate of drug-likeness (QED) is 0.791. The largest absolute Gasteiger partial charge is 0.486 e. The van der Waals surface area contributed by atoms with Gasteiger partial charge in [-0.1, -0.05) is 6.07 Å². The van der Waals surface area contributed by atoms with E-state index in [2.05, 4.69) is 10.3 Å². The minimum absolute atomic E-state index is 0.0526. The molecule has 0 fully saturated rings. The molecular formula is C17H17N3O3S. The number of benzene rings is 1. The number of fused-ring (bicyclic) bond motifs is 2. The van der Waals surface area contributed by atoms with Gasteiger partial charge in [0.2, 0.25) is 5.91 Å². The zero-order valence-electron chi connectivity index (χ0n) is 13.2. The topological polar surface area (TPSA) is 64.9 Å². The summed E-state index contributed by atoms with van der Waals surface area (Å²) in [5, 5.41) is 4.98. The number of nitrogens with one attached hydrogen (secondary N) is 1. The lowest BCUT2D eigenvalue weighted by atomic mass is 10.1. The molecule has 2 aromatic heterocycles. The molecule has 3 aromatic rings. The molecule has 0 aliphatic carbocycles. The monoisotopic (exact) mass is 343 g/mol. The third-order valence-electron chi connectivity index (χ3n) is 3.93. The first-order valence-electron chi connectivity index (χ1n) is 7.79. The standard InChI is InChI=1S/C17H17N3O3S/c1-11(12-2-3-14-15(8-12)23-6-5-22-14)18-16(21)9-13-10-20-4-7-24-17(20)19-13/h2-4,7-8,10-11H,5-6,9H2,1H3,(H,18,21). The van der Waals surface area contributed by atoms with Gasteiger partial charge in [-0.3, -0.25) is 9.20 Å². The van der Waals surface area contributed by atoms with Crippen molar-refractivity contribution in [2.24, 2.45) is 0 Å². The highest BCUT2D eigenvalue weighted by molar-refractivity contribution is 7.15. The summed E-state index contributed by atoms with van der Waals surface area (Å²) in [5.41, 5.74) is 1.76. The molecule has 1 unspecified atom stereocenters. The Kier molecular flexibility index (Phi) is 3.86. The Labute approximate surface area is 143 Å². The summed E-state index contributed by atoms with van der Waals surface area (Å²) in [4.78, 5) is 17.6. The smallest absolute Gasteiger partial charge is 0.226 e. The average Bonchev–Trinajstić information content (AvgIpc) is 3.15. The molecule has 0 saturated carbocycles. The van der Waals surface area contributed by atoms with Crippen molar-refractivity contribution in [1.82, 2.24) is 14.7 Å². The van der Waals surface area contributed by atoms with E-state index in [1.165, 1.54) is 0 Å². The van der Waals surface area contributed by atoms with Crippen molar-refractivity contribution in [1.29, 1.82) is 0 Å². The van der Waals surface area contributed by atoms with Crippen LogP contribution >= 0.6 is 11.3 Å². The fraction of sp³-hybridized carbons (Fsp3) is 0.294. The molecule has 0 spiro atoms. The van der Waals surface area contributed by atoms with Crippen LogP contribution in [0.15, 0.2) is 36.0 Å². The molecule has 1 N–H and O–H groups in total. The Morgan fingerprint density at radius 3 is 3.04 bits per heavy atom. The van der Waals surface area contributed by atoms with Crippen molar-refractivity contribution < 1.29 is 14.3 Å². The van der Waals surface area contributed by atoms with Crippen molar-refractivity contribution in [3.05, 3.63) is 47.2 Å². The zero-order valence-corrected chi connectivity index (χ0v) is 14.0. The Morgan fingerprint density at radius 2 is 2.21 bits per heavy atom. The molecule has 1 aliphatic rings. The van der Waals surface area contributed by atoms with Gasteiger partial charge in [0.15, 0.2) is 16.5 Å². The van der Waals surface area contributed by atoms with E-state index in [1.54, 1.807) is 11.3 Å². The van der Waals surface area contributed by atoms with E-state index >= 15 is 0 Å². The molecule has 0 radical (unpaired) electrons. The summed E-state index contributed by atoms with van der Waals surface area (Å²) >= 11 is 1.55. The van der Waals surface area contributed by atoms with Crippen molar-refractivity contribution in [3.8, 4) is 11.5 Å². The number of carbonyl (C=O) groups is 1. The number of thiazole rings is 1. The van der Waals surface area contributed by atoms with Gasteiger partial charge in [0.25, 0.3) is 0 Å². The highest BCUT2D eigenvalue weighted by Gasteiger charge is 2.16. The lowest BCUT2D eigenvalue weighted by Gasteiger charge is -2.21. The van der Waals surface area contributed by atoms with Crippen LogP contribution in [0.1, 0.15) is 24.2 Å². The average molecular weight is 343 g/mol. The molecule has 1 aliphatic heterocycles. The number of amides is 1. The van der Waals surface area contributed by atoms with Crippen LogP contribution in [0.2, 0.25) is 0 Å². The zero-order chi connectivity index (χ0) is 16.5. The van der Waals surface area contributed by atoms with Crippen LogP contribution in [-0.2, 0) is 11.2 Å². The van der Waals surface area contributed by atoms with E-state index in [0.717, 1.165) is 27.7 Å². The lowest BCUT2D eigenvalue weighted by Crippen LogP contribution is -2.28. The van der Waals surface area contributed by atoms with Crippen LogP contribution in [0.5, 0.6) is 11.5 Å². The molecular weight excluding hydrogens is 326 g/mol. The second-order valence-electron chi connectivity index (χ2n) is 5.69. The van der Waals surface area contributed by atoms with Gasteiger partial charge >= 0.3 is 0 Å². The van der Waals surface area contributed by atoms with Crippen molar-refractivity contribution >= 4 is 22.2 Å². The second-order valence-corrected chi connectivity index (χ2v) is 6.57. The summed E-state index contributed by atoms with van der Waals surface area (Å²) in [6, 6.07) is 5.64. The summed E-state index contributed by atoms with van der Waals surface area (Å²) in [6.45, 7) is 3.07. The van der Waals surface area contributed by atoms with E-state index in [4.69, 9.17) is 9.47 Å². The number of imidazole rings is 1. The number of carbonyl (C=O) groups excluding carboxylic acids is 1. The Morgan fingerprint density at radius 1 is 1.38 bits per heavy atom. The van der Waals surface area contributed by atoms with Crippen molar-refractivity contribution in [2.75, 3.05) is 13.2 Å². The van der Waals surface area contributed by atoms with Crippen LogP contribution < -0.4 is 14.8 Å². The normalized spacial score (nSPS) is 14.5. The molecule has 1 aromatic carbocycles. The van der Waals surface area contributed by atoms with E-state index in [1.807, 2.05) is 47.3 Å².